The first kappa shape index (κ1) is 22.2. The zero-order chi connectivity index (χ0) is 22.5. The monoisotopic (exact) mass is 435 g/mol. The van der Waals surface area contributed by atoms with Crippen LogP contribution in [0.25, 0.3) is 10.9 Å². The molecule has 1 aliphatic rings. The van der Waals surface area contributed by atoms with Crippen LogP contribution in [0.3, 0.4) is 0 Å². The Balaban J connectivity index is 1.60. The van der Waals surface area contributed by atoms with E-state index in [-0.39, 0.29) is 25.2 Å². The highest BCUT2D eigenvalue weighted by Crippen LogP contribution is 2.29. The Morgan fingerprint density at radius 3 is 2.94 bits per heavy atom. The number of pyridine rings is 1. The number of ether oxygens (including phenoxy) is 2. The Labute approximate surface area is 188 Å². The van der Waals surface area contributed by atoms with E-state index in [2.05, 4.69) is 16.3 Å². The lowest BCUT2D eigenvalue weighted by Gasteiger charge is -2.33. The second-order valence-electron chi connectivity index (χ2n) is 7.95. The molecule has 3 aromatic rings. The number of hydrogen-bond donors (Lipinski definition) is 2. The maximum absolute atomic E-state index is 12.7. The van der Waals surface area contributed by atoms with E-state index >= 15 is 0 Å². The maximum atomic E-state index is 12.7. The molecule has 0 spiro atoms. The van der Waals surface area contributed by atoms with Crippen molar-refractivity contribution in [1.29, 1.82) is 0 Å². The quantitative estimate of drug-likeness (QED) is 0.594. The van der Waals surface area contributed by atoms with Crippen molar-refractivity contribution in [2.24, 2.45) is 0 Å². The fourth-order valence-electron chi connectivity index (χ4n) is 4.21. The number of hydrogen-bond acceptors (Lipinski definition) is 6. The van der Waals surface area contributed by atoms with Crippen LogP contribution >= 0.6 is 0 Å². The summed E-state index contributed by atoms with van der Waals surface area (Å²) in [5.74, 6) is 0.693. The summed E-state index contributed by atoms with van der Waals surface area (Å²) in [6, 6.07) is 15.6. The molecule has 1 saturated heterocycles. The van der Waals surface area contributed by atoms with Gasteiger partial charge in [-0.25, -0.2) is 4.98 Å². The normalized spacial score (nSPS) is 16.8. The number of amides is 1. The lowest BCUT2D eigenvalue weighted by molar-refractivity contribution is -0.0350. The van der Waals surface area contributed by atoms with Crippen LogP contribution in [-0.4, -0.2) is 60.9 Å². The number of benzene rings is 2. The lowest BCUT2D eigenvalue weighted by atomic mass is 10.0. The van der Waals surface area contributed by atoms with Gasteiger partial charge in [0.25, 0.3) is 5.91 Å². The number of nitrogens with zero attached hydrogens (tertiary/aromatic N) is 2. The van der Waals surface area contributed by atoms with Crippen LogP contribution in [0.5, 0.6) is 5.75 Å². The van der Waals surface area contributed by atoms with E-state index in [0.29, 0.717) is 18.7 Å². The van der Waals surface area contributed by atoms with Gasteiger partial charge in [0, 0.05) is 37.1 Å². The van der Waals surface area contributed by atoms with Gasteiger partial charge in [0.15, 0.2) is 0 Å². The van der Waals surface area contributed by atoms with E-state index in [4.69, 9.17) is 19.6 Å². The maximum Gasteiger partial charge on any atom is 0.252 e. The molecule has 2 N–H and O–H groups in total. The number of aliphatic hydroxyl groups excluding tert-OH is 1. The first-order chi connectivity index (χ1) is 15.6. The molecular weight excluding hydrogens is 406 g/mol. The summed E-state index contributed by atoms with van der Waals surface area (Å²) >= 11 is 0. The number of fused-ring (bicyclic) bond motifs is 1. The highest BCUT2D eigenvalue weighted by atomic mass is 16.5. The van der Waals surface area contributed by atoms with Crippen molar-refractivity contribution >= 4 is 16.8 Å². The molecule has 1 amide bonds. The summed E-state index contributed by atoms with van der Waals surface area (Å²) in [7, 11) is 1.70. The Bertz CT molecular complexity index is 1100. The average molecular weight is 436 g/mol. The molecule has 2 aromatic carbocycles. The Morgan fingerprint density at radius 2 is 2.12 bits per heavy atom. The van der Waals surface area contributed by atoms with E-state index in [1.54, 1.807) is 7.11 Å². The predicted octanol–water partition coefficient (Wildman–Crippen LogP) is 2.85. The molecule has 2 heterocycles. The summed E-state index contributed by atoms with van der Waals surface area (Å²) in [6.07, 6.45) is -0.242. The fraction of sp³-hybridized carbons (Fsp3) is 0.360. The zero-order valence-corrected chi connectivity index (χ0v) is 18.5. The molecule has 0 aliphatic carbocycles. The molecular formula is C25H29N3O4. The van der Waals surface area contributed by atoms with Crippen molar-refractivity contribution in [2.45, 2.75) is 19.6 Å². The summed E-state index contributed by atoms with van der Waals surface area (Å²) in [5, 5.41) is 12.6. The Kier molecular flexibility index (Phi) is 6.99. The third-order valence-electron chi connectivity index (χ3n) is 5.75. The number of morpholine rings is 1. The van der Waals surface area contributed by atoms with Crippen LogP contribution in [0.1, 0.15) is 33.3 Å². The van der Waals surface area contributed by atoms with Crippen molar-refractivity contribution in [3.05, 3.63) is 70.9 Å². The first-order valence-corrected chi connectivity index (χ1v) is 10.9. The topological polar surface area (TPSA) is 83.9 Å². The van der Waals surface area contributed by atoms with Gasteiger partial charge in [-0.1, -0.05) is 36.4 Å². The summed E-state index contributed by atoms with van der Waals surface area (Å²) in [6.45, 7) is 4.96. The second-order valence-corrected chi connectivity index (χ2v) is 7.95. The third kappa shape index (κ3) is 4.75. The number of methoxy groups -OCH3 is 1. The van der Waals surface area contributed by atoms with Crippen LogP contribution in [-0.2, 0) is 11.3 Å². The van der Waals surface area contributed by atoms with Gasteiger partial charge in [-0.15, -0.1) is 0 Å². The van der Waals surface area contributed by atoms with Crippen molar-refractivity contribution in [1.82, 2.24) is 15.2 Å². The highest BCUT2D eigenvalue weighted by Gasteiger charge is 2.26. The van der Waals surface area contributed by atoms with Gasteiger partial charge in [-0.05, 0) is 24.6 Å². The minimum atomic E-state index is -0.242. The molecule has 0 radical (unpaired) electrons. The van der Waals surface area contributed by atoms with Crippen LogP contribution in [0.2, 0.25) is 0 Å². The molecule has 0 bridgehead atoms. The van der Waals surface area contributed by atoms with Crippen molar-refractivity contribution in [3.8, 4) is 5.75 Å². The van der Waals surface area contributed by atoms with E-state index in [1.165, 1.54) is 0 Å². The standard InChI is InChI=1S/C25H29N3O4/c1-17-6-5-7-18(24(17)31-2)15-28-11-13-32-23(16-28)22-14-20(25(30)26-10-12-29)19-8-3-4-9-21(19)27-22/h3-9,14,23,29H,10-13,15-16H2,1-2H3,(H,26,30). The smallest absolute Gasteiger partial charge is 0.252 e. The third-order valence-corrected chi connectivity index (χ3v) is 5.75. The number of carbonyl (C=O) groups is 1. The molecule has 7 heteroatoms. The van der Waals surface area contributed by atoms with Gasteiger partial charge >= 0.3 is 0 Å². The molecule has 32 heavy (non-hydrogen) atoms. The number of aliphatic hydroxyl groups is 1. The number of nitrogens with one attached hydrogen (secondary N) is 1. The van der Waals surface area contributed by atoms with Crippen molar-refractivity contribution in [2.75, 3.05) is 40.0 Å². The minimum Gasteiger partial charge on any atom is -0.496 e. The Morgan fingerprint density at radius 1 is 1.28 bits per heavy atom. The number of aryl methyl sites for hydroxylation is 1. The Hall–Kier alpha value is -3.00. The van der Waals surface area contributed by atoms with Crippen LogP contribution in [0, 0.1) is 6.92 Å². The molecule has 1 aromatic heterocycles. The molecule has 1 atom stereocenters. The molecule has 4 rings (SSSR count). The predicted molar refractivity (Wildman–Crippen MR) is 123 cm³/mol. The van der Waals surface area contributed by atoms with Gasteiger partial charge in [-0.3, -0.25) is 9.69 Å². The van der Waals surface area contributed by atoms with E-state index in [1.807, 2.05) is 49.4 Å². The molecule has 168 valence electrons. The molecule has 1 fully saturated rings. The zero-order valence-electron chi connectivity index (χ0n) is 18.5. The second kappa shape index (κ2) is 10.1. The number of para-hydroxylation sites is 2. The first-order valence-electron chi connectivity index (χ1n) is 10.9. The van der Waals surface area contributed by atoms with E-state index in [0.717, 1.165) is 46.6 Å². The van der Waals surface area contributed by atoms with Crippen molar-refractivity contribution in [3.63, 3.8) is 0 Å². The molecule has 7 nitrogen and oxygen atoms in total. The number of carbonyl (C=O) groups excluding carboxylic acids is 1. The van der Waals surface area contributed by atoms with Crippen molar-refractivity contribution < 1.29 is 19.4 Å². The van der Waals surface area contributed by atoms with Gasteiger partial charge in [-0.2, -0.15) is 0 Å². The average Bonchev–Trinajstić information content (AvgIpc) is 2.82. The van der Waals surface area contributed by atoms with Crippen LogP contribution in [0.15, 0.2) is 48.5 Å². The summed E-state index contributed by atoms with van der Waals surface area (Å²) in [4.78, 5) is 19.9. The molecule has 1 unspecified atom stereocenters. The largest absolute Gasteiger partial charge is 0.496 e. The van der Waals surface area contributed by atoms with Gasteiger partial charge in [0.2, 0.25) is 0 Å². The molecule has 1 aliphatic heterocycles. The summed E-state index contributed by atoms with van der Waals surface area (Å²) in [5.41, 5.74) is 4.28. The fourth-order valence-corrected chi connectivity index (χ4v) is 4.21. The van der Waals surface area contributed by atoms with Crippen LogP contribution < -0.4 is 10.1 Å². The van der Waals surface area contributed by atoms with E-state index < -0.39 is 0 Å². The van der Waals surface area contributed by atoms with Gasteiger partial charge < -0.3 is 19.9 Å². The lowest BCUT2D eigenvalue weighted by Crippen LogP contribution is -2.38. The highest BCUT2D eigenvalue weighted by molar-refractivity contribution is 6.06. The molecule has 0 saturated carbocycles. The van der Waals surface area contributed by atoms with E-state index in [9.17, 15) is 4.79 Å². The SMILES string of the molecule is COc1c(C)cccc1CN1CCOC(c2cc(C(=O)NCCO)c3ccccc3n2)C1. The summed E-state index contributed by atoms with van der Waals surface area (Å²) < 4.78 is 11.7. The van der Waals surface area contributed by atoms with Gasteiger partial charge in [0.05, 0.1) is 37.1 Å². The number of rotatable bonds is 7. The van der Waals surface area contributed by atoms with Gasteiger partial charge in [0.1, 0.15) is 11.9 Å². The van der Waals surface area contributed by atoms with Crippen LogP contribution in [0.4, 0.5) is 0 Å². The number of aromatic nitrogens is 1. The minimum absolute atomic E-state index is 0.106.